The summed E-state index contributed by atoms with van der Waals surface area (Å²) in [6.07, 6.45) is 2.33. The first-order chi connectivity index (χ1) is 18.4. The molecule has 9 nitrogen and oxygen atoms in total. The van der Waals surface area contributed by atoms with Crippen LogP contribution in [0.4, 0.5) is 16.3 Å². The molecule has 0 aliphatic carbocycles. The zero-order valence-corrected chi connectivity index (χ0v) is 21.6. The number of imide groups is 1. The molecule has 0 saturated carbocycles. The van der Waals surface area contributed by atoms with Crippen LogP contribution in [-0.4, -0.2) is 49.1 Å². The number of carbonyl (C=O) groups is 3. The fourth-order valence-corrected chi connectivity index (χ4v) is 5.17. The largest absolute Gasteiger partial charge is 0.436 e. The van der Waals surface area contributed by atoms with Crippen LogP contribution in [-0.2, 0) is 21.6 Å². The molecule has 2 atom stereocenters. The molecule has 1 aromatic heterocycles. The summed E-state index contributed by atoms with van der Waals surface area (Å²) in [5.41, 5.74) is 1.32. The summed E-state index contributed by atoms with van der Waals surface area (Å²) in [5, 5.41) is 9.49. The third-order valence-electron chi connectivity index (χ3n) is 6.89. The fourth-order valence-electron chi connectivity index (χ4n) is 4.99. The summed E-state index contributed by atoms with van der Waals surface area (Å²) in [6.45, 7) is 1.24. The van der Waals surface area contributed by atoms with Crippen LogP contribution in [0.5, 0.6) is 0 Å². The molecule has 38 heavy (non-hydrogen) atoms. The smallest absolute Gasteiger partial charge is 0.422 e. The van der Waals surface area contributed by atoms with E-state index in [1.165, 1.54) is 6.20 Å². The minimum absolute atomic E-state index is 0.175. The number of aromatic nitrogens is 1. The number of hydrogen-bond donors (Lipinski definition) is 3. The number of hydrogen-bond acceptors (Lipinski definition) is 7. The van der Waals surface area contributed by atoms with Gasteiger partial charge in [0.05, 0.1) is 5.69 Å². The highest BCUT2D eigenvalue weighted by molar-refractivity contribution is 6.31. The van der Waals surface area contributed by atoms with Crippen LogP contribution in [0.3, 0.4) is 0 Å². The molecule has 3 heterocycles. The van der Waals surface area contributed by atoms with Crippen LogP contribution < -0.4 is 20.9 Å². The third-order valence-corrected chi connectivity index (χ3v) is 7.12. The first-order valence-electron chi connectivity index (χ1n) is 12.5. The average molecular weight is 534 g/mol. The van der Waals surface area contributed by atoms with Crippen molar-refractivity contribution in [3.8, 4) is 0 Å². The quantitative estimate of drug-likeness (QED) is 0.441. The van der Waals surface area contributed by atoms with Gasteiger partial charge in [-0.05, 0) is 55.3 Å². The van der Waals surface area contributed by atoms with E-state index in [0.717, 1.165) is 23.4 Å². The van der Waals surface area contributed by atoms with Crippen molar-refractivity contribution >= 4 is 41.0 Å². The number of benzene rings is 2. The molecular weight excluding hydrogens is 506 g/mol. The summed E-state index contributed by atoms with van der Waals surface area (Å²) < 4.78 is 5.97. The molecule has 1 spiro atoms. The van der Waals surface area contributed by atoms with Gasteiger partial charge in [-0.15, -0.1) is 0 Å². The van der Waals surface area contributed by atoms with E-state index in [1.807, 2.05) is 30.3 Å². The molecular formula is C28H28ClN5O4. The highest BCUT2D eigenvalue weighted by atomic mass is 35.5. The molecule has 2 aliphatic rings. The number of halogens is 1. The van der Waals surface area contributed by atoms with Crippen molar-refractivity contribution in [3.05, 3.63) is 88.6 Å². The van der Waals surface area contributed by atoms with Crippen molar-refractivity contribution in [3.63, 3.8) is 0 Å². The Bertz CT molecular complexity index is 1360. The van der Waals surface area contributed by atoms with E-state index >= 15 is 0 Å². The number of fused-ring (bicyclic) bond motifs is 2. The summed E-state index contributed by atoms with van der Waals surface area (Å²) in [7, 11) is 1.70. The molecule has 2 aromatic carbocycles. The number of nitrogens with one attached hydrogen (secondary N) is 3. The second kappa shape index (κ2) is 10.8. The van der Waals surface area contributed by atoms with E-state index in [2.05, 4.69) is 20.9 Å². The minimum Gasteiger partial charge on any atom is -0.436 e. The molecule has 196 valence electrons. The molecule has 3 amide bonds. The molecule has 3 N–H and O–H groups in total. The Hall–Kier alpha value is -3.95. The molecule has 2 aliphatic heterocycles. The van der Waals surface area contributed by atoms with Crippen molar-refractivity contribution in [1.29, 1.82) is 0 Å². The van der Waals surface area contributed by atoms with Gasteiger partial charge >= 0.3 is 6.09 Å². The van der Waals surface area contributed by atoms with Gasteiger partial charge < -0.3 is 20.7 Å². The first kappa shape index (κ1) is 25.7. The lowest BCUT2D eigenvalue weighted by Gasteiger charge is -2.44. The second-order valence-corrected chi connectivity index (χ2v) is 9.81. The standard InChI is InChI=1S/C28H28ClN5O4/c1-30-24-15-19(10-13-32-24)25(35)33-22(14-18-6-3-2-4-7-18)26(36)34-23-9-8-20(29)16-21(23)28(38-27(34)37)11-5-12-31-17-28/h2-4,6-10,13,15-16,22,31H,5,11-12,14,17H2,1H3,(H,30,32)(H,33,35)/t22-,28-/m0/s1. The minimum atomic E-state index is -1.05. The van der Waals surface area contributed by atoms with Gasteiger partial charge in [-0.2, -0.15) is 0 Å². The van der Waals surface area contributed by atoms with E-state index in [-0.39, 0.29) is 6.42 Å². The molecule has 1 saturated heterocycles. The molecule has 3 aromatic rings. The van der Waals surface area contributed by atoms with E-state index in [1.54, 1.807) is 37.4 Å². The fraction of sp³-hybridized carbons (Fsp3) is 0.286. The number of piperidine rings is 1. The van der Waals surface area contributed by atoms with Gasteiger partial charge in [-0.25, -0.2) is 14.7 Å². The SMILES string of the molecule is CNc1cc(C(=O)N[C@@H](Cc2ccccc2)C(=O)N2C(=O)O[C@]3(CCCNC3)c3cc(Cl)ccc32)ccn1. The van der Waals surface area contributed by atoms with E-state index in [0.29, 0.717) is 40.6 Å². The Morgan fingerprint density at radius 1 is 1.18 bits per heavy atom. The summed E-state index contributed by atoms with van der Waals surface area (Å²) in [6, 6.07) is 16.5. The van der Waals surface area contributed by atoms with Crippen molar-refractivity contribution in [1.82, 2.24) is 15.6 Å². The molecule has 1 fully saturated rings. The number of anilines is 2. The lowest BCUT2D eigenvalue weighted by Crippen LogP contribution is -2.58. The van der Waals surface area contributed by atoms with Gasteiger partial charge in [0.2, 0.25) is 0 Å². The average Bonchev–Trinajstić information content (AvgIpc) is 2.94. The Morgan fingerprint density at radius 2 is 2.00 bits per heavy atom. The second-order valence-electron chi connectivity index (χ2n) is 9.37. The third kappa shape index (κ3) is 5.07. The van der Waals surface area contributed by atoms with Crippen molar-refractivity contribution in [2.45, 2.75) is 30.9 Å². The number of carbonyl (C=O) groups excluding carboxylic acids is 3. The van der Waals surface area contributed by atoms with Gasteiger partial charge in [0, 0.05) is 42.4 Å². The number of pyridine rings is 1. The number of rotatable bonds is 6. The summed E-state index contributed by atoms with van der Waals surface area (Å²) in [5.74, 6) is -0.550. The van der Waals surface area contributed by atoms with Crippen LogP contribution in [0, 0.1) is 0 Å². The lowest BCUT2D eigenvalue weighted by molar-refractivity contribution is -0.120. The Kier molecular flexibility index (Phi) is 7.31. The van der Waals surface area contributed by atoms with Crippen LogP contribution in [0.2, 0.25) is 5.02 Å². The van der Waals surface area contributed by atoms with Gasteiger partial charge in [-0.3, -0.25) is 9.59 Å². The van der Waals surface area contributed by atoms with Gasteiger partial charge in [0.1, 0.15) is 11.9 Å². The lowest BCUT2D eigenvalue weighted by atomic mass is 9.84. The van der Waals surface area contributed by atoms with Gasteiger partial charge in [0.15, 0.2) is 5.60 Å². The van der Waals surface area contributed by atoms with E-state index in [9.17, 15) is 14.4 Å². The Balaban J connectivity index is 1.51. The molecule has 10 heteroatoms. The molecule has 5 rings (SSSR count). The van der Waals surface area contributed by atoms with Crippen molar-refractivity contribution in [2.24, 2.45) is 0 Å². The predicted molar refractivity (Wildman–Crippen MR) is 144 cm³/mol. The maximum absolute atomic E-state index is 14.1. The van der Waals surface area contributed by atoms with E-state index in [4.69, 9.17) is 16.3 Å². The normalized spacial score (nSPS) is 19.3. The Morgan fingerprint density at radius 3 is 2.74 bits per heavy atom. The zero-order chi connectivity index (χ0) is 26.7. The van der Waals surface area contributed by atoms with Crippen molar-refractivity contribution in [2.75, 3.05) is 30.4 Å². The van der Waals surface area contributed by atoms with Crippen LogP contribution >= 0.6 is 11.6 Å². The topological polar surface area (TPSA) is 113 Å². The van der Waals surface area contributed by atoms with Gasteiger partial charge in [-0.1, -0.05) is 41.9 Å². The monoisotopic (exact) mass is 533 g/mol. The molecule has 0 radical (unpaired) electrons. The van der Waals surface area contributed by atoms with Crippen LogP contribution in [0.1, 0.15) is 34.3 Å². The number of ether oxygens (including phenoxy) is 1. The highest BCUT2D eigenvalue weighted by Crippen LogP contribution is 2.44. The predicted octanol–water partition coefficient (Wildman–Crippen LogP) is 3.88. The van der Waals surface area contributed by atoms with Gasteiger partial charge in [0.25, 0.3) is 11.8 Å². The Labute approximate surface area is 225 Å². The summed E-state index contributed by atoms with van der Waals surface area (Å²) >= 11 is 6.34. The van der Waals surface area contributed by atoms with E-state index < -0.39 is 29.6 Å². The molecule has 0 bridgehead atoms. The first-order valence-corrected chi connectivity index (χ1v) is 12.8. The highest BCUT2D eigenvalue weighted by Gasteiger charge is 2.48. The van der Waals surface area contributed by atoms with Crippen LogP contribution in [0.15, 0.2) is 66.9 Å². The van der Waals surface area contributed by atoms with Crippen molar-refractivity contribution < 1.29 is 19.1 Å². The summed E-state index contributed by atoms with van der Waals surface area (Å²) in [4.78, 5) is 45.9. The maximum Gasteiger partial charge on any atom is 0.422 e. The maximum atomic E-state index is 14.1. The number of amides is 3. The van der Waals surface area contributed by atoms with Crippen LogP contribution in [0.25, 0.3) is 0 Å². The number of nitrogens with zero attached hydrogens (tertiary/aromatic N) is 2. The zero-order valence-electron chi connectivity index (χ0n) is 20.9. The molecule has 0 unspecified atom stereocenters.